The Morgan fingerprint density at radius 3 is 1.77 bits per heavy atom. The third-order valence-corrected chi connectivity index (χ3v) is 5.46. The first-order chi connectivity index (χ1) is 15.8. The van der Waals surface area contributed by atoms with Gasteiger partial charge in [0.15, 0.2) is 0 Å². The van der Waals surface area contributed by atoms with Gasteiger partial charge in [-0.1, -0.05) is 12.1 Å². The Morgan fingerprint density at radius 1 is 0.800 bits per heavy atom. The van der Waals surface area contributed by atoms with Crippen LogP contribution in [-0.2, 0) is 30.5 Å². The molecule has 3 nitrogen and oxygen atoms in total. The van der Waals surface area contributed by atoms with E-state index in [1.807, 2.05) is 0 Å². The molecule has 0 radical (unpaired) electrons. The van der Waals surface area contributed by atoms with Crippen molar-refractivity contribution in [2.24, 2.45) is 10.7 Å². The summed E-state index contributed by atoms with van der Waals surface area (Å²) in [7, 11) is 0. The molecule has 0 aliphatic carbocycles. The summed E-state index contributed by atoms with van der Waals surface area (Å²) in [5.74, 6) is 0. The molecule has 0 bridgehead atoms. The first-order valence-electron chi connectivity index (χ1n) is 9.48. The molecule has 192 valence electrons. The van der Waals surface area contributed by atoms with Gasteiger partial charge in [0, 0.05) is 12.8 Å². The van der Waals surface area contributed by atoms with E-state index in [0.29, 0.717) is 6.07 Å². The number of pyridine rings is 1. The van der Waals surface area contributed by atoms with Gasteiger partial charge in [0.1, 0.15) is 16.8 Å². The number of aliphatic imine (C=N–C) groups is 1. The smallest absolute Gasteiger partial charge is 0.326 e. The Bertz CT molecular complexity index is 1100. The van der Waals surface area contributed by atoms with Crippen LogP contribution in [0.5, 0.6) is 0 Å². The maximum absolute atomic E-state index is 14.2. The van der Waals surface area contributed by atoms with Crippen molar-refractivity contribution in [3.05, 3.63) is 64.0 Å². The Morgan fingerprint density at radius 2 is 1.34 bits per heavy atom. The van der Waals surface area contributed by atoms with Gasteiger partial charge in [-0.05, 0) is 41.3 Å². The molecule has 0 fully saturated rings. The second kappa shape index (κ2) is 8.38. The molecule has 0 amide bonds. The van der Waals surface area contributed by atoms with Crippen molar-refractivity contribution in [2.75, 3.05) is 0 Å². The third kappa shape index (κ3) is 5.09. The summed E-state index contributed by atoms with van der Waals surface area (Å²) in [5.41, 5.74) is -6.06. The van der Waals surface area contributed by atoms with Gasteiger partial charge < -0.3 is 5.73 Å². The standard InChI is InChI=1S/C20H13F12N3/c21-17(22,23)12-3-9(1-2-10(12)7-33)13-6-16(8-34-13,20(30,31)32)11-4-14(18(24,25)26)35-15(5-11)19(27,28)29/h1-5,8,13H,6-7,33H2. The van der Waals surface area contributed by atoms with Crippen LogP contribution in [0, 0.1) is 0 Å². The minimum Gasteiger partial charge on any atom is -0.326 e. The Balaban J connectivity index is 2.16. The van der Waals surface area contributed by atoms with E-state index in [1.54, 1.807) is 0 Å². The van der Waals surface area contributed by atoms with E-state index in [-0.39, 0.29) is 29.5 Å². The fourth-order valence-corrected chi connectivity index (χ4v) is 3.70. The summed E-state index contributed by atoms with van der Waals surface area (Å²) in [6.45, 7) is -0.549. The van der Waals surface area contributed by atoms with Crippen molar-refractivity contribution in [3.63, 3.8) is 0 Å². The van der Waals surface area contributed by atoms with Crippen LogP contribution in [0.4, 0.5) is 52.7 Å². The van der Waals surface area contributed by atoms with Gasteiger partial charge in [-0.2, -0.15) is 52.7 Å². The fourth-order valence-electron chi connectivity index (χ4n) is 3.70. The van der Waals surface area contributed by atoms with Gasteiger partial charge in [-0.25, -0.2) is 4.98 Å². The van der Waals surface area contributed by atoms with E-state index in [4.69, 9.17) is 5.73 Å². The fraction of sp³-hybridized carbons (Fsp3) is 0.400. The molecule has 0 saturated carbocycles. The largest absolute Gasteiger partial charge is 0.433 e. The molecule has 3 rings (SSSR count). The average molecular weight is 523 g/mol. The number of aromatic nitrogens is 1. The van der Waals surface area contributed by atoms with Crippen LogP contribution in [0.1, 0.15) is 46.1 Å². The molecule has 35 heavy (non-hydrogen) atoms. The normalized spacial score (nSPS) is 21.6. The van der Waals surface area contributed by atoms with E-state index >= 15 is 0 Å². The molecule has 2 atom stereocenters. The highest BCUT2D eigenvalue weighted by Crippen LogP contribution is 2.52. The second-order valence-corrected chi connectivity index (χ2v) is 7.71. The van der Waals surface area contributed by atoms with Crippen molar-refractivity contribution < 1.29 is 52.7 Å². The van der Waals surface area contributed by atoms with Crippen LogP contribution in [-0.4, -0.2) is 17.4 Å². The summed E-state index contributed by atoms with van der Waals surface area (Å²) < 4.78 is 161. The molecular formula is C20H13F12N3. The highest BCUT2D eigenvalue weighted by Gasteiger charge is 2.59. The van der Waals surface area contributed by atoms with Gasteiger partial charge >= 0.3 is 24.7 Å². The molecule has 0 spiro atoms. The molecular weight excluding hydrogens is 510 g/mol. The lowest BCUT2D eigenvalue weighted by Gasteiger charge is -2.31. The van der Waals surface area contributed by atoms with Crippen molar-refractivity contribution in [1.82, 2.24) is 4.98 Å². The molecule has 2 N–H and O–H groups in total. The Hall–Kier alpha value is -2.84. The quantitative estimate of drug-likeness (QED) is 0.461. The minimum atomic E-state index is -5.52. The number of benzene rings is 1. The molecule has 2 unspecified atom stereocenters. The number of alkyl halides is 12. The third-order valence-electron chi connectivity index (χ3n) is 5.46. The molecule has 15 heteroatoms. The zero-order valence-corrected chi connectivity index (χ0v) is 17.0. The molecule has 2 heterocycles. The maximum atomic E-state index is 14.2. The lowest BCUT2D eigenvalue weighted by Crippen LogP contribution is -2.43. The Labute approximate surface area is 188 Å². The molecule has 1 aromatic carbocycles. The van der Waals surface area contributed by atoms with Gasteiger partial charge in [0.05, 0.1) is 11.6 Å². The number of halogens is 12. The summed E-state index contributed by atoms with van der Waals surface area (Å²) in [6, 6.07) is 0.441. The predicted octanol–water partition coefficient (Wildman–Crippen LogP) is 6.61. The molecule has 1 aliphatic rings. The van der Waals surface area contributed by atoms with Gasteiger partial charge in [0.25, 0.3) is 0 Å². The van der Waals surface area contributed by atoms with Gasteiger partial charge in [-0.15, -0.1) is 0 Å². The first-order valence-corrected chi connectivity index (χ1v) is 9.48. The van der Waals surface area contributed by atoms with E-state index < -0.39 is 71.6 Å². The number of hydrogen-bond donors (Lipinski definition) is 1. The average Bonchev–Trinajstić information content (AvgIpc) is 3.18. The number of nitrogens with zero attached hydrogens (tertiary/aromatic N) is 2. The highest BCUT2D eigenvalue weighted by molar-refractivity contribution is 5.78. The summed E-state index contributed by atoms with van der Waals surface area (Å²) in [4.78, 5) is 5.93. The van der Waals surface area contributed by atoms with E-state index in [2.05, 4.69) is 9.98 Å². The van der Waals surface area contributed by atoms with Crippen LogP contribution in [0.15, 0.2) is 35.3 Å². The zero-order chi connectivity index (χ0) is 26.6. The summed E-state index contributed by atoms with van der Waals surface area (Å²) in [5, 5.41) is 0. The predicted molar refractivity (Wildman–Crippen MR) is 97.2 cm³/mol. The van der Waals surface area contributed by atoms with Crippen molar-refractivity contribution >= 4 is 6.21 Å². The summed E-state index contributed by atoms with van der Waals surface area (Å²) in [6.07, 6.45) is -22.6. The van der Waals surface area contributed by atoms with E-state index in [0.717, 1.165) is 12.1 Å². The monoisotopic (exact) mass is 523 g/mol. The number of rotatable bonds is 3. The van der Waals surface area contributed by atoms with Crippen molar-refractivity contribution in [3.8, 4) is 0 Å². The maximum Gasteiger partial charge on any atom is 0.433 e. The van der Waals surface area contributed by atoms with Gasteiger partial charge in [0.2, 0.25) is 0 Å². The first kappa shape index (κ1) is 26.8. The van der Waals surface area contributed by atoms with E-state index in [1.165, 1.54) is 0 Å². The SMILES string of the molecule is NCc1ccc(C2CC(c3cc(C(F)(F)F)nc(C(F)(F)F)c3)(C(F)(F)F)C=N2)cc1C(F)(F)F. The minimum absolute atomic E-state index is 0.122. The van der Waals surface area contributed by atoms with E-state index in [9.17, 15) is 52.7 Å². The number of hydrogen-bond acceptors (Lipinski definition) is 3. The van der Waals surface area contributed by atoms with Crippen LogP contribution in [0.3, 0.4) is 0 Å². The Kier molecular flexibility index (Phi) is 6.41. The summed E-state index contributed by atoms with van der Waals surface area (Å²) >= 11 is 0. The lowest BCUT2D eigenvalue weighted by molar-refractivity contribution is -0.170. The van der Waals surface area contributed by atoms with Crippen LogP contribution in [0.2, 0.25) is 0 Å². The topological polar surface area (TPSA) is 51.3 Å². The lowest BCUT2D eigenvalue weighted by atomic mass is 9.76. The van der Waals surface area contributed by atoms with Crippen LogP contribution >= 0.6 is 0 Å². The zero-order valence-electron chi connectivity index (χ0n) is 17.0. The van der Waals surface area contributed by atoms with Crippen molar-refractivity contribution in [2.45, 2.75) is 49.1 Å². The van der Waals surface area contributed by atoms with Crippen LogP contribution < -0.4 is 5.73 Å². The number of nitrogens with two attached hydrogens (primary N) is 1. The van der Waals surface area contributed by atoms with Crippen LogP contribution in [0.25, 0.3) is 0 Å². The molecule has 2 aromatic rings. The van der Waals surface area contributed by atoms with Gasteiger partial charge in [-0.3, -0.25) is 4.99 Å². The molecule has 1 aliphatic heterocycles. The molecule has 1 aromatic heterocycles. The highest BCUT2D eigenvalue weighted by atomic mass is 19.4. The van der Waals surface area contributed by atoms with Crippen molar-refractivity contribution in [1.29, 1.82) is 0 Å². The molecule has 0 saturated heterocycles. The second-order valence-electron chi connectivity index (χ2n) is 7.71.